The van der Waals surface area contributed by atoms with Crippen LogP contribution in [0.5, 0.6) is 0 Å². The van der Waals surface area contributed by atoms with Crippen LogP contribution in [0.25, 0.3) is 0 Å². The molecule has 0 atom stereocenters. The minimum absolute atomic E-state index is 0.135. The minimum atomic E-state index is -0.207. The number of carbonyl (C=O) groups is 1. The number of piperidine rings is 1. The first-order valence-corrected chi connectivity index (χ1v) is 8.73. The van der Waals surface area contributed by atoms with E-state index in [-0.39, 0.29) is 18.4 Å². The van der Waals surface area contributed by atoms with E-state index >= 15 is 0 Å². The van der Waals surface area contributed by atoms with Crippen LogP contribution in [0.1, 0.15) is 35.8 Å². The Morgan fingerprint density at radius 3 is 2.73 bits per heavy atom. The summed E-state index contributed by atoms with van der Waals surface area (Å²) in [7, 11) is 3.64. The summed E-state index contributed by atoms with van der Waals surface area (Å²) in [5, 5.41) is 6.63. The third-order valence-electron chi connectivity index (χ3n) is 4.70. The van der Waals surface area contributed by atoms with E-state index in [1.54, 1.807) is 15.9 Å². The van der Waals surface area contributed by atoms with Crippen LogP contribution in [-0.4, -0.2) is 48.3 Å². The number of carbonyl (C=O) groups excluding carboxylic acids is 1. The maximum absolute atomic E-state index is 13.3. The maximum Gasteiger partial charge on any atom is 0.317 e. The van der Waals surface area contributed by atoms with Gasteiger partial charge in [0.05, 0.1) is 6.54 Å². The van der Waals surface area contributed by atoms with Gasteiger partial charge < -0.3 is 19.6 Å². The van der Waals surface area contributed by atoms with Crippen LogP contribution in [0.2, 0.25) is 0 Å². The van der Waals surface area contributed by atoms with Crippen molar-refractivity contribution in [1.82, 2.24) is 20.4 Å². The molecular formula is C18H24FN5O2. The Bertz CT molecular complexity index is 769. The Balaban J connectivity index is 1.50. The predicted octanol–water partition coefficient (Wildman–Crippen LogP) is 2.67. The highest BCUT2D eigenvalue weighted by molar-refractivity contribution is 5.74. The van der Waals surface area contributed by atoms with Gasteiger partial charge in [0.15, 0.2) is 0 Å². The summed E-state index contributed by atoms with van der Waals surface area (Å²) >= 11 is 0. The van der Waals surface area contributed by atoms with Crippen LogP contribution in [0.3, 0.4) is 0 Å². The number of rotatable bonds is 4. The quantitative estimate of drug-likeness (QED) is 0.906. The molecule has 2 aromatic rings. The van der Waals surface area contributed by atoms with Crippen molar-refractivity contribution in [3.05, 3.63) is 41.0 Å². The van der Waals surface area contributed by atoms with Gasteiger partial charge in [0.2, 0.25) is 5.89 Å². The van der Waals surface area contributed by atoms with Crippen molar-refractivity contribution in [1.29, 1.82) is 0 Å². The van der Waals surface area contributed by atoms with Gasteiger partial charge in [0.1, 0.15) is 5.82 Å². The number of benzene rings is 1. The highest BCUT2D eigenvalue weighted by Crippen LogP contribution is 2.30. The topological polar surface area (TPSA) is 74.5 Å². The monoisotopic (exact) mass is 361 g/mol. The molecule has 0 unspecified atom stereocenters. The van der Waals surface area contributed by atoms with E-state index in [0.29, 0.717) is 30.8 Å². The van der Waals surface area contributed by atoms with Crippen molar-refractivity contribution in [3.63, 3.8) is 0 Å². The van der Waals surface area contributed by atoms with Crippen molar-refractivity contribution in [2.24, 2.45) is 0 Å². The number of nitrogens with one attached hydrogen (secondary N) is 1. The zero-order valence-electron chi connectivity index (χ0n) is 15.3. The molecular weight excluding hydrogens is 337 g/mol. The molecule has 2 amide bonds. The van der Waals surface area contributed by atoms with Gasteiger partial charge >= 0.3 is 6.03 Å². The van der Waals surface area contributed by atoms with E-state index in [1.165, 1.54) is 11.6 Å². The van der Waals surface area contributed by atoms with Crippen molar-refractivity contribution >= 4 is 12.0 Å². The number of halogens is 1. The molecule has 7 nitrogen and oxygen atoms in total. The van der Waals surface area contributed by atoms with Crippen LogP contribution < -0.4 is 10.2 Å². The Morgan fingerprint density at radius 1 is 1.38 bits per heavy atom. The smallest absolute Gasteiger partial charge is 0.317 e. The number of urea groups is 1. The van der Waals surface area contributed by atoms with Gasteiger partial charge in [0, 0.05) is 27.2 Å². The van der Waals surface area contributed by atoms with Crippen molar-refractivity contribution in [2.45, 2.75) is 32.2 Å². The molecule has 0 saturated carbocycles. The molecule has 26 heavy (non-hydrogen) atoms. The van der Waals surface area contributed by atoms with E-state index in [2.05, 4.69) is 15.5 Å². The summed E-state index contributed by atoms with van der Waals surface area (Å²) in [5.41, 5.74) is 2.15. The highest BCUT2D eigenvalue weighted by Gasteiger charge is 2.25. The van der Waals surface area contributed by atoms with Crippen LogP contribution in [0, 0.1) is 12.7 Å². The summed E-state index contributed by atoms with van der Waals surface area (Å²) in [6.07, 6.45) is 1.73. The van der Waals surface area contributed by atoms with Crippen LogP contribution in [0.4, 0.5) is 15.1 Å². The molecule has 1 fully saturated rings. The molecule has 1 aliphatic heterocycles. The molecule has 0 radical (unpaired) electrons. The lowest BCUT2D eigenvalue weighted by molar-refractivity contribution is 0.179. The fourth-order valence-corrected chi connectivity index (χ4v) is 3.25. The first-order valence-electron chi connectivity index (χ1n) is 8.73. The summed E-state index contributed by atoms with van der Waals surface area (Å²) in [5.74, 6) is 1.00. The molecule has 1 N–H and O–H groups in total. The standard InChI is InChI=1S/C18H24FN5O2/c1-12-10-14(19)4-5-15(12)13-6-8-24(9-7-13)18(25)20-11-16-21-17(22-26-16)23(2)3/h4-5,10,13H,6-9,11H2,1-3H3,(H,20,25). The minimum Gasteiger partial charge on any atom is -0.344 e. The average Bonchev–Trinajstić information content (AvgIpc) is 3.09. The largest absolute Gasteiger partial charge is 0.344 e. The maximum atomic E-state index is 13.3. The van der Waals surface area contributed by atoms with E-state index in [9.17, 15) is 9.18 Å². The molecule has 1 aliphatic rings. The van der Waals surface area contributed by atoms with Gasteiger partial charge in [-0.2, -0.15) is 4.98 Å². The fraction of sp³-hybridized carbons (Fsp3) is 0.500. The average molecular weight is 361 g/mol. The van der Waals surface area contributed by atoms with Gasteiger partial charge in [-0.05, 0) is 54.1 Å². The Hall–Kier alpha value is -2.64. The first kappa shape index (κ1) is 18.2. The molecule has 1 aromatic heterocycles. The molecule has 2 heterocycles. The van der Waals surface area contributed by atoms with Gasteiger partial charge in [0.25, 0.3) is 5.95 Å². The van der Waals surface area contributed by atoms with E-state index in [0.717, 1.165) is 18.4 Å². The Labute approximate surface area is 152 Å². The molecule has 1 aromatic carbocycles. The molecule has 0 bridgehead atoms. The molecule has 140 valence electrons. The molecule has 0 spiro atoms. The normalized spacial score (nSPS) is 15.2. The summed E-state index contributed by atoms with van der Waals surface area (Å²) in [6, 6.07) is 4.81. The van der Waals surface area contributed by atoms with Gasteiger partial charge in [-0.1, -0.05) is 6.07 Å². The van der Waals surface area contributed by atoms with Crippen LogP contribution in [-0.2, 0) is 6.54 Å². The van der Waals surface area contributed by atoms with E-state index in [4.69, 9.17) is 4.52 Å². The van der Waals surface area contributed by atoms with Crippen molar-refractivity contribution < 1.29 is 13.7 Å². The number of aromatic nitrogens is 2. The van der Waals surface area contributed by atoms with Gasteiger partial charge in [-0.15, -0.1) is 0 Å². The van der Waals surface area contributed by atoms with E-state index in [1.807, 2.05) is 27.1 Å². The lowest BCUT2D eigenvalue weighted by Crippen LogP contribution is -2.43. The molecule has 3 rings (SSSR count). The van der Waals surface area contributed by atoms with Crippen molar-refractivity contribution in [3.8, 4) is 0 Å². The SMILES string of the molecule is Cc1cc(F)ccc1C1CCN(C(=O)NCc2nc(N(C)C)no2)CC1. The number of anilines is 1. The van der Waals surface area contributed by atoms with Gasteiger partial charge in [-0.25, -0.2) is 9.18 Å². The van der Waals surface area contributed by atoms with Crippen LogP contribution >= 0.6 is 0 Å². The number of nitrogens with zero attached hydrogens (tertiary/aromatic N) is 4. The van der Waals surface area contributed by atoms with Crippen LogP contribution in [0.15, 0.2) is 22.7 Å². The first-order chi connectivity index (χ1) is 12.4. The summed E-state index contributed by atoms with van der Waals surface area (Å²) < 4.78 is 18.4. The number of hydrogen-bond donors (Lipinski definition) is 1. The number of amides is 2. The number of hydrogen-bond acceptors (Lipinski definition) is 5. The summed E-state index contributed by atoms with van der Waals surface area (Å²) in [4.78, 5) is 20.0. The van der Waals surface area contributed by atoms with Gasteiger partial charge in [-0.3, -0.25) is 0 Å². The second-order valence-corrected chi connectivity index (χ2v) is 6.80. The molecule has 0 aliphatic carbocycles. The number of likely N-dealkylation sites (tertiary alicyclic amines) is 1. The third-order valence-corrected chi connectivity index (χ3v) is 4.70. The second-order valence-electron chi connectivity index (χ2n) is 6.80. The lowest BCUT2D eigenvalue weighted by Gasteiger charge is -2.32. The third kappa shape index (κ3) is 4.12. The zero-order valence-corrected chi connectivity index (χ0v) is 15.3. The summed E-state index contributed by atoms with van der Waals surface area (Å²) in [6.45, 7) is 3.47. The lowest BCUT2D eigenvalue weighted by atomic mass is 9.87. The highest BCUT2D eigenvalue weighted by atomic mass is 19.1. The Morgan fingerprint density at radius 2 is 2.12 bits per heavy atom. The molecule has 8 heteroatoms. The zero-order chi connectivity index (χ0) is 18.7. The Kier molecular flexibility index (Phi) is 5.39. The number of aryl methyl sites for hydroxylation is 1. The van der Waals surface area contributed by atoms with E-state index < -0.39 is 0 Å². The molecule has 1 saturated heterocycles. The fourth-order valence-electron chi connectivity index (χ4n) is 3.25. The predicted molar refractivity (Wildman–Crippen MR) is 95.5 cm³/mol. The van der Waals surface area contributed by atoms with Crippen molar-refractivity contribution in [2.75, 3.05) is 32.1 Å². The second kappa shape index (κ2) is 7.72.